The van der Waals surface area contributed by atoms with E-state index in [9.17, 15) is 4.79 Å². The van der Waals surface area contributed by atoms with Gasteiger partial charge in [-0.3, -0.25) is 4.79 Å². The van der Waals surface area contributed by atoms with E-state index in [0.29, 0.717) is 12.1 Å². The molecular formula is C17H14N2O. The Balaban J connectivity index is 1.79. The first-order valence-corrected chi connectivity index (χ1v) is 6.51. The maximum atomic E-state index is 12.2. The van der Waals surface area contributed by atoms with Gasteiger partial charge in [0.15, 0.2) is 5.78 Å². The number of aromatic nitrogens is 2. The zero-order valence-electron chi connectivity index (χ0n) is 10.9. The molecule has 0 saturated heterocycles. The van der Waals surface area contributed by atoms with Gasteiger partial charge in [0.25, 0.3) is 0 Å². The van der Waals surface area contributed by atoms with Gasteiger partial charge in [-0.2, -0.15) is 5.10 Å². The first kappa shape index (κ1) is 12.4. The molecule has 3 aromatic rings. The van der Waals surface area contributed by atoms with Gasteiger partial charge in [-0.1, -0.05) is 48.5 Å². The van der Waals surface area contributed by atoms with E-state index in [1.807, 2.05) is 66.9 Å². The van der Waals surface area contributed by atoms with E-state index in [4.69, 9.17) is 0 Å². The lowest BCUT2D eigenvalue weighted by atomic mass is 10.1. The van der Waals surface area contributed by atoms with Gasteiger partial charge >= 0.3 is 0 Å². The fourth-order valence-corrected chi connectivity index (χ4v) is 2.07. The largest absolute Gasteiger partial charge is 0.292 e. The molecule has 20 heavy (non-hydrogen) atoms. The van der Waals surface area contributed by atoms with Crippen molar-refractivity contribution < 1.29 is 4.79 Å². The fraction of sp³-hybridized carbons (Fsp3) is 0.0588. The highest BCUT2D eigenvalue weighted by Gasteiger charge is 2.10. The van der Waals surface area contributed by atoms with Crippen LogP contribution in [0, 0.1) is 0 Å². The molecule has 0 aliphatic carbocycles. The van der Waals surface area contributed by atoms with E-state index in [2.05, 4.69) is 5.10 Å². The van der Waals surface area contributed by atoms with Crippen LogP contribution in [-0.4, -0.2) is 15.6 Å². The lowest BCUT2D eigenvalue weighted by Crippen LogP contribution is -2.05. The second-order valence-corrected chi connectivity index (χ2v) is 4.57. The number of carbonyl (C=O) groups is 1. The van der Waals surface area contributed by atoms with Crippen LogP contribution in [0.15, 0.2) is 72.9 Å². The molecule has 0 unspecified atom stereocenters. The van der Waals surface area contributed by atoms with Crippen molar-refractivity contribution in [3.63, 3.8) is 0 Å². The summed E-state index contributed by atoms with van der Waals surface area (Å²) in [6.07, 6.45) is 2.19. The van der Waals surface area contributed by atoms with E-state index in [-0.39, 0.29) is 5.78 Å². The molecule has 0 aliphatic heterocycles. The van der Waals surface area contributed by atoms with E-state index >= 15 is 0 Å². The van der Waals surface area contributed by atoms with Crippen LogP contribution in [0.3, 0.4) is 0 Å². The Morgan fingerprint density at radius 2 is 1.55 bits per heavy atom. The molecule has 0 amide bonds. The molecule has 3 nitrogen and oxygen atoms in total. The first-order valence-electron chi connectivity index (χ1n) is 6.51. The van der Waals surface area contributed by atoms with Crippen LogP contribution < -0.4 is 0 Å². The number of rotatable bonds is 4. The minimum absolute atomic E-state index is 0.0332. The Bertz CT molecular complexity index is 702. The normalized spacial score (nSPS) is 10.4. The third-order valence-corrected chi connectivity index (χ3v) is 3.10. The molecule has 98 valence electrons. The summed E-state index contributed by atoms with van der Waals surface area (Å²) in [4.78, 5) is 12.2. The third kappa shape index (κ3) is 2.67. The number of ketones is 1. The summed E-state index contributed by atoms with van der Waals surface area (Å²) in [5.74, 6) is 0.0332. The molecule has 2 aromatic carbocycles. The van der Waals surface area contributed by atoms with E-state index < -0.39 is 0 Å². The lowest BCUT2D eigenvalue weighted by Gasteiger charge is -2.00. The van der Waals surface area contributed by atoms with Crippen molar-refractivity contribution in [3.05, 3.63) is 84.2 Å². The number of hydrogen-bond donors (Lipinski definition) is 0. The number of nitrogens with zero attached hydrogens (tertiary/aromatic N) is 2. The predicted octanol–water partition coefficient (Wildman–Crippen LogP) is 3.30. The average Bonchev–Trinajstić information content (AvgIpc) is 2.99. The molecule has 0 N–H and O–H groups in total. The van der Waals surface area contributed by atoms with Crippen LogP contribution in [0.5, 0.6) is 0 Å². The molecule has 3 heteroatoms. The molecule has 3 rings (SSSR count). The van der Waals surface area contributed by atoms with Crippen LogP contribution in [0.1, 0.15) is 16.1 Å². The van der Waals surface area contributed by atoms with E-state index in [1.165, 1.54) is 0 Å². The minimum Gasteiger partial charge on any atom is -0.292 e. The van der Waals surface area contributed by atoms with Crippen molar-refractivity contribution in [2.75, 3.05) is 0 Å². The van der Waals surface area contributed by atoms with Crippen molar-refractivity contribution in [2.45, 2.75) is 6.42 Å². The van der Waals surface area contributed by atoms with Gasteiger partial charge in [0.05, 0.1) is 5.69 Å². The van der Waals surface area contributed by atoms with Crippen molar-refractivity contribution in [1.29, 1.82) is 0 Å². The standard InChI is InChI=1S/C17H14N2O/c20-17(13-14-7-3-1-4-8-14)16-11-12-19(18-16)15-9-5-2-6-10-15/h1-12H,13H2. The van der Waals surface area contributed by atoms with Gasteiger partial charge in [-0.25, -0.2) is 4.68 Å². The van der Waals surface area contributed by atoms with E-state index in [1.54, 1.807) is 10.7 Å². The Labute approximate surface area is 117 Å². The molecule has 0 radical (unpaired) electrons. The van der Waals surface area contributed by atoms with Crippen molar-refractivity contribution >= 4 is 5.78 Å². The summed E-state index contributed by atoms with van der Waals surface area (Å²) in [7, 11) is 0. The van der Waals surface area contributed by atoms with Crippen molar-refractivity contribution in [1.82, 2.24) is 9.78 Å². The number of para-hydroxylation sites is 1. The Morgan fingerprint density at radius 1 is 0.900 bits per heavy atom. The molecule has 1 aromatic heterocycles. The fourth-order valence-electron chi connectivity index (χ4n) is 2.07. The highest BCUT2D eigenvalue weighted by molar-refractivity contribution is 5.95. The molecule has 0 fully saturated rings. The molecule has 0 spiro atoms. The van der Waals surface area contributed by atoms with Gasteiger partial charge in [-0.15, -0.1) is 0 Å². The number of hydrogen-bond acceptors (Lipinski definition) is 2. The van der Waals surface area contributed by atoms with Gasteiger partial charge in [0, 0.05) is 12.6 Å². The second-order valence-electron chi connectivity index (χ2n) is 4.57. The summed E-state index contributed by atoms with van der Waals surface area (Å²) >= 11 is 0. The Kier molecular flexibility index (Phi) is 3.42. The number of Topliss-reactive ketones (excluding diaryl/α,β-unsaturated/α-hetero) is 1. The third-order valence-electron chi connectivity index (χ3n) is 3.10. The molecule has 0 saturated carbocycles. The SMILES string of the molecule is O=C(Cc1ccccc1)c1ccn(-c2ccccc2)n1. The molecular weight excluding hydrogens is 248 g/mol. The first-order chi connectivity index (χ1) is 9.83. The topological polar surface area (TPSA) is 34.9 Å². The number of benzene rings is 2. The summed E-state index contributed by atoms with van der Waals surface area (Å²) < 4.78 is 1.72. The maximum absolute atomic E-state index is 12.2. The zero-order chi connectivity index (χ0) is 13.8. The second kappa shape index (κ2) is 5.53. The summed E-state index contributed by atoms with van der Waals surface area (Å²) in [6, 6.07) is 21.2. The quantitative estimate of drug-likeness (QED) is 0.676. The summed E-state index contributed by atoms with van der Waals surface area (Å²) in [5, 5.41) is 4.34. The summed E-state index contributed by atoms with van der Waals surface area (Å²) in [6.45, 7) is 0. The summed E-state index contributed by atoms with van der Waals surface area (Å²) in [5.41, 5.74) is 2.45. The van der Waals surface area contributed by atoms with Gasteiger partial charge in [0.2, 0.25) is 0 Å². The molecule has 0 aliphatic rings. The molecule has 1 heterocycles. The van der Waals surface area contributed by atoms with Crippen LogP contribution in [0.25, 0.3) is 5.69 Å². The maximum Gasteiger partial charge on any atom is 0.187 e. The van der Waals surface area contributed by atoms with Crippen molar-refractivity contribution in [3.8, 4) is 5.69 Å². The minimum atomic E-state index is 0.0332. The van der Waals surface area contributed by atoms with Crippen LogP contribution >= 0.6 is 0 Å². The lowest BCUT2D eigenvalue weighted by molar-refractivity contribution is 0.0988. The Hall–Kier alpha value is -2.68. The average molecular weight is 262 g/mol. The van der Waals surface area contributed by atoms with Crippen LogP contribution in [0.2, 0.25) is 0 Å². The zero-order valence-corrected chi connectivity index (χ0v) is 10.9. The van der Waals surface area contributed by atoms with Gasteiger partial charge in [-0.05, 0) is 23.8 Å². The monoisotopic (exact) mass is 262 g/mol. The van der Waals surface area contributed by atoms with E-state index in [0.717, 1.165) is 11.3 Å². The Morgan fingerprint density at radius 3 is 2.25 bits per heavy atom. The predicted molar refractivity (Wildman–Crippen MR) is 78.0 cm³/mol. The molecule has 0 atom stereocenters. The highest BCUT2D eigenvalue weighted by atomic mass is 16.1. The van der Waals surface area contributed by atoms with Crippen molar-refractivity contribution in [2.24, 2.45) is 0 Å². The van der Waals surface area contributed by atoms with Gasteiger partial charge < -0.3 is 0 Å². The number of carbonyl (C=O) groups excluding carboxylic acids is 1. The molecule has 0 bridgehead atoms. The van der Waals surface area contributed by atoms with Crippen LogP contribution in [0.4, 0.5) is 0 Å². The smallest absolute Gasteiger partial charge is 0.187 e. The van der Waals surface area contributed by atoms with Crippen LogP contribution in [-0.2, 0) is 6.42 Å². The van der Waals surface area contributed by atoms with Gasteiger partial charge in [0.1, 0.15) is 5.69 Å². The highest BCUT2D eigenvalue weighted by Crippen LogP contribution is 2.09.